The van der Waals surface area contributed by atoms with Crippen molar-refractivity contribution in [1.82, 2.24) is 0 Å². The first-order chi connectivity index (χ1) is 6.13. The lowest BCUT2D eigenvalue weighted by molar-refractivity contribution is -0.144. The molecule has 1 rings (SSSR count). The second-order valence-electron chi connectivity index (χ2n) is 2.83. The quantitative estimate of drug-likeness (QED) is 0.770. The van der Waals surface area contributed by atoms with Crippen LogP contribution < -0.4 is 0 Å². The molecular formula is C9H11BrO3. The van der Waals surface area contributed by atoms with Crippen LogP contribution in [0.5, 0.6) is 0 Å². The number of carbonyl (C=O) groups is 1. The molecule has 3 nitrogen and oxygen atoms in total. The monoisotopic (exact) mass is 246 g/mol. The number of esters is 1. The van der Waals surface area contributed by atoms with E-state index < -0.39 is 0 Å². The SMILES string of the molecule is COC(=O)C(C)Cc1ccc(Br)o1. The zero-order chi connectivity index (χ0) is 9.84. The van der Waals surface area contributed by atoms with Crippen molar-refractivity contribution >= 4 is 21.9 Å². The predicted molar refractivity (Wildman–Crippen MR) is 51.3 cm³/mol. The lowest BCUT2D eigenvalue weighted by atomic mass is 10.1. The topological polar surface area (TPSA) is 39.4 Å². The van der Waals surface area contributed by atoms with Crippen LogP contribution in [-0.2, 0) is 16.0 Å². The molecule has 0 aliphatic carbocycles. The average Bonchev–Trinajstić information content (AvgIpc) is 2.49. The maximum Gasteiger partial charge on any atom is 0.308 e. The minimum absolute atomic E-state index is 0.164. The average molecular weight is 247 g/mol. The van der Waals surface area contributed by atoms with Crippen LogP contribution >= 0.6 is 15.9 Å². The molecule has 13 heavy (non-hydrogen) atoms. The first kappa shape index (κ1) is 10.3. The molecule has 1 unspecified atom stereocenters. The van der Waals surface area contributed by atoms with Crippen LogP contribution in [0.3, 0.4) is 0 Å². The summed E-state index contributed by atoms with van der Waals surface area (Å²) >= 11 is 3.19. The van der Waals surface area contributed by atoms with Crippen LogP contribution in [0.1, 0.15) is 12.7 Å². The minimum atomic E-state index is -0.215. The summed E-state index contributed by atoms with van der Waals surface area (Å²) in [5, 5.41) is 0. The molecule has 72 valence electrons. The van der Waals surface area contributed by atoms with E-state index in [0.29, 0.717) is 11.1 Å². The summed E-state index contributed by atoms with van der Waals surface area (Å²) < 4.78 is 10.5. The van der Waals surface area contributed by atoms with E-state index >= 15 is 0 Å². The van der Waals surface area contributed by atoms with E-state index in [9.17, 15) is 4.79 Å². The molecule has 0 amide bonds. The van der Waals surface area contributed by atoms with Gasteiger partial charge in [0, 0.05) is 6.42 Å². The van der Waals surface area contributed by atoms with Crippen LogP contribution in [0.2, 0.25) is 0 Å². The third kappa shape index (κ3) is 2.88. The van der Waals surface area contributed by atoms with E-state index in [1.807, 2.05) is 13.0 Å². The van der Waals surface area contributed by atoms with Gasteiger partial charge in [-0.3, -0.25) is 4.79 Å². The Hall–Kier alpha value is -0.770. The van der Waals surface area contributed by atoms with Gasteiger partial charge in [0.15, 0.2) is 4.67 Å². The number of hydrogen-bond acceptors (Lipinski definition) is 3. The Bertz CT molecular complexity index is 293. The lowest BCUT2D eigenvalue weighted by Crippen LogP contribution is -2.14. The first-order valence-corrected chi connectivity index (χ1v) is 4.75. The number of furan rings is 1. The Kier molecular flexibility index (Phi) is 3.54. The number of methoxy groups -OCH3 is 1. The maximum absolute atomic E-state index is 11.0. The zero-order valence-corrected chi connectivity index (χ0v) is 9.13. The summed E-state index contributed by atoms with van der Waals surface area (Å²) in [7, 11) is 1.39. The molecular weight excluding hydrogens is 236 g/mol. The number of halogens is 1. The largest absolute Gasteiger partial charge is 0.469 e. The molecule has 0 saturated heterocycles. The molecule has 4 heteroatoms. The number of rotatable bonds is 3. The fraction of sp³-hybridized carbons (Fsp3) is 0.444. The molecule has 0 aliphatic rings. The number of ether oxygens (including phenoxy) is 1. The van der Waals surface area contributed by atoms with Crippen molar-refractivity contribution < 1.29 is 13.9 Å². The van der Waals surface area contributed by atoms with Gasteiger partial charge >= 0.3 is 5.97 Å². The van der Waals surface area contributed by atoms with E-state index in [2.05, 4.69) is 20.7 Å². The molecule has 1 atom stereocenters. The van der Waals surface area contributed by atoms with Crippen LogP contribution in [-0.4, -0.2) is 13.1 Å². The number of carbonyl (C=O) groups excluding carboxylic acids is 1. The fourth-order valence-electron chi connectivity index (χ4n) is 1.05. The second-order valence-corrected chi connectivity index (χ2v) is 3.62. The lowest BCUT2D eigenvalue weighted by Gasteiger charge is -2.05. The Morgan fingerprint density at radius 1 is 1.69 bits per heavy atom. The van der Waals surface area contributed by atoms with Crippen molar-refractivity contribution in [3.63, 3.8) is 0 Å². The van der Waals surface area contributed by atoms with Crippen LogP contribution in [0.4, 0.5) is 0 Å². The highest BCUT2D eigenvalue weighted by atomic mass is 79.9. The Labute approximate surface area is 85.2 Å². The standard InChI is InChI=1S/C9H11BrO3/c1-6(9(11)12-2)5-7-3-4-8(10)13-7/h3-4,6H,5H2,1-2H3. The molecule has 0 fully saturated rings. The summed E-state index contributed by atoms with van der Waals surface area (Å²) in [4.78, 5) is 11.0. The molecule has 1 aromatic rings. The van der Waals surface area contributed by atoms with Crippen LogP contribution in [0.25, 0.3) is 0 Å². The van der Waals surface area contributed by atoms with E-state index in [1.165, 1.54) is 7.11 Å². The third-order valence-electron chi connectivity index (χ3n) is 1.74. The fourth-order valence-corrected chi connectivity index (χ4v) is 1.39. The highest BCUT2D eigenvalue weighted by molar-refractivity contribution is 9.10. The molecule has 0 bridgehead atoms. The van der Waals surface area contributed by atoms with Gasteiger partial charge in [-0.15, -0.1) is 0 Å². The van der Waals surface area contributed by atoms with E-state index in [1.54, 1.807) is 6.07 Å². The van der Waals surface area contributed by atoms with Gasteiger partial charge in [-0.1, -0.05) is 6.92 Å². The van der Waals surface area contributed by atoms with E-state index in [4.69, 9.17) is 4.42 Å². The summed E-state index contributed by atoms with van der Waals surface area (Å²) in [6.07, 6.45) is 0.568. The van der Waals surface area contributed by atoms with Gasteiger partial charge in [0.1, 0.15) is 5.76 Å². The third-order valence-corrected chi connectivity index (χ3v) is 2.17. The maximum atomic E-state index is 11.0. The van der Waals surface area contributed by atoms with Gasteiger partial charge in [0.05, 0.1) is 13.0 Å². The molecule has 0 N–H and O–H groups in total. The van der Waals surface area contributed by atoms with Crippen molar-refractivity contribution in [2.75, 3.05) is 7.11 Å². The van der Waals surface area contributed by atoms with Crippen LogP contribution in [0, 0.1) is 5.92 Å². The molecule has 0 aliphatic heterocycles. The van der Waals surface area contributed by atoms with Crippen molar-refractivity contribution in [3.05, 3.63) is 22.6 Å². The van der Waals surface area contributed by atoms with E-state index in [-0.39, 0.29) is 11.9 Å². The Morgan fingerprint density at radius 2 is 2.38 bits per heavy atom. The van der Waals surface area contributed by atoms with Gasteiger partial charge in [-0.05, 0) is 28.1 Å². The molecule has 1 aromatic heterocycles. The Balaban J connectivity index is 2.54. The molecule has 0 radical (unpaired) electrons. The first-order valence-electron chi connectivity index (χ1n) is 3.95. The summed E-state index contributed by atoms with van der Waals surface area (Å²) in [5.41, 5.74) is 0. The molecule has 0 spiro atoms. The molecule has 0 aromatic carbocycles. The normalized spacial score (nSPS) is 12.5. The van der Waals surface area contributed by atoms with Crippen molar-refractivity contribution in [2.45, 2.75) is 13.3 Å². The highest BCUT2D eigenvalue weighted by Crippen LogP contribution is 2.17. The molecule has 0 saturated carbocycles. The van der Waals surface area contributed by atoms with Crippen molar-refractivity contribution in [3.8, 4) is 0 Å². The van der Waals surface area contributed by atoms with Crippen molar-refractivity contribution in [1.29, 1.82) is 0 Å². The van der Waals surface area contributed by atoms with Gasteiger partial charge in [0.2, 0.25) is 0 Å². The van der Waals surface area contributed by atoms with Gasteiger partial charge < -0.3 is 9.15 Å². The highest BCUT2D eigenvalue weighted by Gasteiger charge is 2.15. The minimum Gasteiger partial charge on any atom is -0.469 e. The zero-order valence-electron chi connectivity index (χ0n) is 7.54. The van der Waals surface area contributed by atoms with Gasteiger partial charge in [-0.25, -0.2) is 0 Å². The van der Waals surface area contributed by atoms with Gasteiger partial charge in [-0.2, -0.15) is 0 Å². The predicted octanol–water partition coefficient (Wildman–Crippen LogP) is 2.39. The number of hydrogen-bond donors (Lipinski definition) is 0. The second kappa shape index (κ2) is 4.46. The van der Waals surface area contributed by atoms with Crippen LogP contribution in [0.15, 0.2) is 21.2 Å². The summed E-state index contributed by atoms with van der Waals surface area (Å²) in [6.45, 7) is 1.81. The Morgan fingerprint density at radius 3 is 2.85 bits per heavy atom. The summed E-state index contributed by atoms with van der Waals surface area (Å²) in [5.74, 6) is 0.403. The molecule has 1 heterocycles. The van der Waals surface area contributed by atoms with E-state index in [0.717, 1.165) is 5.76 Å². The van der Waals surface area contributed by atoms with Crippen molar-refractivity contribution in [2.24, 2.45) is 5.92 Å². The summed E-state index contributed by atoms with van der Waals surface area (Å²) in [6, 6.07) is 3.64. The smallest absolute Gasteiger partial charge is 0.308 e. The van der Waals surface area contributed by atoms with Gasteiger partial charge in [0.25, 0.3) is 0 Å².